The van der Waals surface area contributed by atoms with Gasteiger partial charge in [-0.05, 0) is 67.3 Å². The van der Waals surface area contributed by atoms with Crippen molar-refractivity contribution in [2.75, 3.05) is 19.6 Å². The molecule has 0 bridgehead atoms. The van der Waals surface area contributed by atoms with Crippen molar-refractivity contribution >= 4 is 69.9 Å². The molecule has 4 aromatic rings. The molecule has 4 aliphatic rings. The van der Waals surface area contributed by atoms with Crippen molar-refractivity contribution in [3.63, 3.8) is 0 Å². The summed E-state index contributed by atoms with van der Waals surface area (Å²) < 4.78 is 22.1. The number of Topliss-reactive ketones (excluding diaryl/α,β-unsaturated/α-hetero) is 2. The first-order valence-electron chi connectivity index (χ1n) is 24.6. The summed E-state index contributed by atoms with van der Waals surface area (Å²) in [6.45, 7) is 1.82. The first kappa shape index (κ1) is 53.0. The number of aryl methyl sites for hydroxylation is 1. The lowest BCUT2D eigenvalue weighted by molar-refractivity contribution is -0.172. The van der Waals surface area contributed by atoms with Crippen molar-refractivity contribution in [2.24, 2.45) is 5.92 Å². The Hall–Kier alpha value is -8.27. The average molecular weight is 1030 g/mol. The van der Waals surface area contributed by atoms with E-state index in [0.717, 1.165) is 17.1 Å². The zero-order valence-corrected chi connectivity index (χ0v) is 41.0. The summed E-state index contributed by atoms with van der Waals surface area (Å²) in [5.74, 6) is -8.82. The van der Waals surface area contributed by atoms with Gasteiger partial charge in [-0.2, -0.15) is 0 Å². The number of aliphatic carboxylic acids is 1. The Balaban J connectivity index is 0.897. The van der Waals surface area contributed by atoms with Crippen molar-refractivity contribution in [1.29, 1.82) is 0 Å². The Morgan fingerprint density at radius 3 is 2.33 bits per heavy atom. The number of pyridine rings is 2. The van der Waals surface area contributed by atoms with Crippen LogP contribution in [-0.2, 0) is 84.3 Å². The molecule has 4 atom stereocenters. The highest BCUT2D eigenvalue weighted by Gasteiger charge is 2.46. The van der Waals surface area contributed by atoms with E-state index in [2.05, 4.69) is 21.3 Å². The minimum Gasteiger partial charge on any atom is -0.481 e. The quantitative estimate of drug-likeness (QED) is 0.0425. The number of carboxylic acids is 1. The molecule has 21 nitrogen and oxygen atoms in total. The number of ether oxygens (including phenoxy) is 1. The SMILES string of the molecule is CC[C@@]1(O)C(=O)OCc2c1cc1n(c2=O)Cc2c-1nc1cc(F)c(C)c3c1c2[C@@H](NC(=O)CNC(=O)[C@@H](CC(=O)CNC(=O)CCC(=O)[C@H](CC(=O)O)NC(=O)CCCN1C(=O)C=CC1=O)Cc1ccccc1)CC3. The summed E-state index contributed by atoms with van der Waals surface area (Å²) in [5, 5.41) is 31.8. The van der Waals surface area contributed by atoms with Gasteiger partial charge in [0.25, 0.3) is 17.4 Å². The van der Waals surface area contributed by atoms with Crippen LogP contribution in [0.4, 0.5) is 4.39 Å². The number of esters is 1. The van der Waals surface area contributed by atoms with Crippen molar-refractivity contribution < 1.29 is 67.3 Å². The topological polar surface area (TPSA) is 307 Å². The summed E-state index contributed by atoms with van der Waals surface area (Å²) >= 11 is 0. The van der Waals surface area contributed by atoms with Gasteiger partial charge in [-0.1, -0.05) is 37.3 Å². The van der Waals surface area contributed by atoms with Crippen LogP contribution in [0.5, 0.6) is 0 Å². The van der Waals surface area contributed by atoms with Gasteiger partial charge in [0.15, 0.2) is 17.2 Å². The molecule has 0 radical (unpaired) electrons. The Morgan fingerprint density at radius 1 is 0.893 bits per heavy atom. The monoisotopic (exact) mass is 1030 g/mol. The molecule has 8 rings (SSSR count). The molecular formula is C53H54FN7O14. The largest absolute Gasteiger partial charge is 0.481 e. The number of aliphatic hydroxyl groups is 1. The number of hydrogen-bond donors (Lipinski definition) is 6. The summed E-state index contributed by atoms with van der Waals surface area (Å²) in [4.78, 5) is 147. The predicted molar refractivity (Wildman–Crippen MR) is 261 cm³/mol. The number of benzene rings is 2. The normalized spacial score (nSPS) is 17.8. The van der Waals surface area contributed by atoms with Crippen LogP contribution in [-0.4, -0.2) is 109 Å². The third-order valence-electron chi connectivity index (χ3n) is 14.2. The van der Waals surface area contributed by atoms with Crippen LogP contribution in [0, 0.1) is 18.7 Å². The van der Waals surface area contributed by atoms with E-state index < -0.39 is 126 Å². The van der Waals surface area contributed by atoms with Gasteiger partial charge in [-0.15, -0.1) is 0 Å². The molecule has 6 N–H and O–H groups in total. The van der Waals surface area contributed by atoms with E-state index in [1.54, 1.807) is 50.2 Å². The molecule has 0 unspecified atom stereocenters. The van der Waals surface area contributed by atoms with Crippen LogP contribution in [0.1, 0.15) is 103 Å². The molecular weight excluding hydrogens is 978 g/mol. The minimum absolute atomic E-state index is 0.0172. The van der Waals surface area contributed by atoms with Crippen molar-refractivity contribution in [3.8, 4) is 11.4 Å². The number of nitrogens with zero attached hydrogens (tertiary/aromatic N) is 3. The molecule has 6 amide bonds. The molecule has 0 saturated heterocycles. The van der Waals surface area contributed by atoms with Gasteiger partial charge in [-0.3, -0.25) is 52.8 Å². The van der Waals surface area contributed by atoms with Gasteiger partial charge in [-0.25, -0.2) is 14.2 Å². The number of nitrogens with one attached hydrogen (secondary N) is 4. The molecule has 0 saturated carbocycles. The zero-order valence-electron chi connectivity index (χ0n) is 41.0. The number of carboxylic acid groups (broad SMARTS) is 1. The van der Waals surface area contributed by atoms with Crippen molar-refractivity contribution in [2.45, 2.75) is 109 Å². The van der Waals surface area contributed by atoms with Crippen molar-refractivity contribution in [1.82, 2.24) is 35.7 Å². The third kappa shape index (κ3) is 11.2. The second-order valence-electron chi connectivity index (χ2n) is 19.0. The fraction of sp³-hybridized carbons (Fsp3) is 0.396. The second-order valence-corrected chi connectivity index (χ2v) is 19.0. The molecule has 0 spiro atoms. The molecule has 1 aliphatic carbocycles. The number of halogens is 1. The summed E-state index contributed by atoms with van der Waals surface area (Å²) in [7, 11) is 0. The summed E-state index contributed by atoms with van der Waals surface area (Å²) in [6.07, 6.45) is 0.634. The van der Waals surface area contributed by atoms with E-state index in [-0.39, 0.29) is 68.4 Å². The van der Waals surface area contributed by atoms with Gasteiger partial charge < -0.3 is 40.8 Å². The molecule has 2 aromatic heterocycles. The van der Waals surface area contributed by atoms with E-state index in [1.165, 1.54) is 10.6 Å². The maximum Gasteiger partial charge on any atom is 0.343 e. The van der Waals surface area contributed by atoms with E-state index in [1.807, 2.05) is 0 Å². The maximum absolute atomic E-state index is 15.5. The van der Waals surface area contributed by atoms with Gasteiger partial charge in [0, 0.05) is 72.9 Å². The predicted octanol–water partition coefficient (Wildman–Crippen LogP) is 1.70. The smallest absolute Gasteiger partial charge is 0.343 e. The van der Waals surface area contributed by atoms with Crippen LogP contribution in [0.3, 0.4) is 0 Å². The lowest BCUT2D eigenvalue weighted by Crippen LogP contribution is -2.44. The number of rotatable bonds is 22. The zero-order chi connectivity index (χ0) is 53.9. The van der Waals surface area contributed by atoms with Crippen LogP contribution < -0.4 is 26.8 Å². The fourth-order valence-corrected chi connectivity index (χ4v) is 10.2. The highest BCUT2D eigenvalue weighted by Crippen LogP contribution is 2.46. The number of hydrogen-bond acceptors (Lipinski definition) is 14. The number of aromatic nitrogens is 2. The molecule has 0 fully saturated rings. The first-order chi connectivity index (χ1) is 35.8. The number of cyclic esters (lactones) is 1. The molecule has 392 valence electrons. The van der Waals surface area contributed by atoms with Gasteiger partial charge in [0.05, 0.1) is 60.6 Å². The van der Waals surface area contributed by atoms with Gasteiger partial charge in [0.1, 0.15) is 12.4 Å². The third-order valence-corrected chi connectivity index (χ3v) is 14.2. The van der Waals surface area contributed by atoms with Crippen LogP contribution >= 0.6 is 0 Å². The van der Waals surface area contributed by atoms with Gasteiger partial charge >= 0.3 is 11.9 Å². The lowest BCUT2D eigenvalue weighted by Gasteiger charge is -2.31. The Morgan fingerprint density at radius 2 is 1.63 bits per heavy atom. The summed E-state index contributed by atoms with van der Waals surface area (Å²) in [6, 6.07) is 9.46. The lowest BCUT2D eigenvalue weighted by atomic mass is 9.81. The van der Waals surface area contributed by atoms with E-state index >= 15 is 4.39 Å². The van der Waals surface area contributed by atoms with Crippen molar-refractivity contribution in [3.05, 3.63) is 110 Å². The number of imide groups is 1. The molecule has 2 aromatic carbocycles. The number of carbonyl (C=O) groups excluding carboxylic acids is 9. The Bertz CT molecular complexity index is 3170. The van der Waals surface area contributed by atoms with Gasteiger partial charge in [0.2, 0.25) is 23.6 Å². The van der Waals surface area contributed by atoms with Crippen LogP contribution in [0.15, 0.2) is 59.4 Å². The Kier molecular flexibility index (Phi) is 15.6. The van der Waals surface area contributed by atoms with E-state index in [4.69, 9.17) is 9.72 Å². The maximum atomic E-state index is 15.5. The van der Waals surface area contributed by atoms with E-state index in [0.29, 0.717) is 57.4 Å². The number of amides is 6. The molecule has 3 aliphatic heterocycles. The first-order valence-corrected chi connectivity index (χ1v) is 24.6. The van der Waals surface area contributed by atoms with E-state index in [9.17, 15) is 63.0 Å². The molecule has 22 heteroatoms. The highest BCUT2D eigenvalue weighted by atomic mass is 19.1. The second kappa shape index (κ2) is 22.1. The van der Waals surface area contributed by atoms with Crippen LogP contribution in [0.2, 0.25) is 0 Å². The summed E-state index contributed by atoms with van der Waals surface area (Å²) in [5.41, 5.74) is 1.57. The standard InChI is InChI=1S/C53H54FN7O14/c1-3-53(74)34-20-39-49-32(25-61(39)51(72)33(34)26-75-52(53)73)48-36(12-11-31-27(2)35(54)21-38(59-49)47(31)48)57-43(66)24-56-50(71)29(18-28-8-5-4-6-9-28)19-30(62)23-55-41(64)14-13-40(63)37(22-46(69)70)58-42(65)10-7-17-60-44(67)15-16-45(60)68/h4-6,8-9,15-16,20-21,29,36-37,74H,3,7,10-14,17-19,22-26H2,1-2H3,(H,55,64)(H,56,71)(H,57,66)(H,58,65)(H,69,70)/t29-,36+,37+,53+/m1/s1. The number of ketones is 2. The van der Waals surface area contributed by atoms with Crippen LogP contribution in [0.25, 0.3) is 22.3 Å². The minimum atomic E-state index is -2.08. The molecule has 5 heterocycles. The Labute approximate surface area is 427 Å². The fourth-order valence-electron chi connectivity index (χ4n) is 10.2. The number of fused-ring (bicyclic) bond motifs is 5. The number of carbonyl (C=O) groups is 10. The molecule has 75 heavy (non-hydrogen) atoms. The highest BCUT2D eigenvalue weighted by molar-refractivity contribution is 6.13. The average Bonchev–Trinajstić information content (AvgIpc) is 3.95.